The molecular formula is C24H37F5O. The van der Waals surface area contributed by atoms with Gasteiger partial charge in [0.15, 0.2) is 0 Å². The maximum atomic E-state index is 14.3. The Hall–Kier alpha value is -0.650. The van der Waals surface area contributed by atoms with Crippen LogP contribution in [0.2, 0.25) is 0 Å². The van der Waals surface area contributed by atoms with Gasteiger partial charge in [0.1, 0.15) is 18.4 Å². The molecule has 3 aliphatic rings. The summed E-state index contributed by atoms with van der Waals surface area (Å²) in [7, 11) is 0. The van der Waals surface area contributed by atoms with Crippen molar-refractivity contribution in [1.82, 2.24) is 0 Å². The molecule has 3 rings (SSSR count). The van der Waals surface area contributed by atoms with E-state index < -0.39 is 24.8 Å². The van der Waals surface area contributed by atoms with Gasteiger partial charge in [-0.2, -0.15) is 0 Å². The van der Waals surface area contributed by atoms with Crippen molar-refractivity contribution in [2.45, 2.75) is 115 Å². The Morgan fingerprint density at radius 3 is 2.13 bits per heavy atom. The van der Waals surface area contributed by atoms with Crippen molar-refractivity contribution in [3.8, 4) is 0 Å². The van der Waals surface area contributed by atoms with E-state index in [1.165, 1.54) is 51.4 Å². The Morgan fingerprint density at radius 2 is 1.60 bits per heavy atom. The highest BCUT2D eigenvalue weighted by atomic mass is 19.4. The SMILES string of the molecule is CCCCCC1CCC(C2CC=C(C3CC(F)C(OC(F)(F)F)C(F)C3)CC2)CC1. The third-order valence-electron chi connectivity index (χ3n) is 7.79. The minimum Gasteiger partial charge on any atom is -0.282 e. The third-order valence-corrected chi connectivity index (χ3v) is 7.79. The second kappa shape index (κ2) is 10.8. The summed E-state index contributed by atoms with van der Waals surface area (Å²) in [5.41, 5.74) is 1.05. The van der Waals surface area contributed by atoms with Crippen molar-refractivity contribution in [2.24, 2.45) is 23.7 Å². The Bertz CT molecular complexity index is 540. The first-order valence-electron chi connectivity index (χ1n) is 12.0. The van der Waals surface area contributed by atoms with Gasteiger partial charge in [0.05, 0.1) is 0 Å². The monoisotopic (exact) mass is 436 g/mol. The standard InChI is InChI=1S/C24H37F5O/c1-2-3-4-5-16-6-8-17(9-7-16)18-10-12-19(13-11-18)20-14-21(25)23(22(26)15-20)30-24(27,28)29/h12,16-18,20-23H,2-11,13-15H2,1H3. The molecule has 0 N–H and O–H groups in total. The molecule has 0 saturated heterocycles. The van der Waals surface area contributed by atoms with E-state index in [4.69, 9.17) is 0 Å². The average Bonchev–Trinajstić information content (AvgIpc) is 2.71. The molecule has 3 atom stereocenters. The lowest BCUT2D eigenvalue weighted by Crippen LogP contribution is -2.45. The number of ether oxygens (including phenoxy) is 1. The van der Waals surface area contributed by atoms with Crippen LogP contribution in [0.5, 0.6) is 0 Å². The first-order chi connectivity index (χ1) is 14.3. The van der Waals surface area contributed by atoms with E-state index in [0.29, 0.717) is 5.92 Å². The zero-order valence-electron chi connectivity index (χ0n) is 18.1. The Balaban J connectivity index is 1.45. The highest BCUT2D eigenvalue weighted by molar-refractivity contribution is 5.14. The van der Waals surface area contributed by atoms with Gasteiger partial charge in [-0.15, -0.1) is 13.2 Å². The lowest BCUT2D eigenvalue weighted by Gasteiger charge is -2.39. The topological polar surface area (TPSA) is 9.23 Å². The first kappa shape index (κ1) is 24.0. The van der Waals surface area contributed by atoms with Gasteiger partial charge in [0.2, 0.25) is 0 Å². The van der Waals surface area contributed by atoms with Crippen LogP contribution in [-0.4, -0.2) is 24.8 Å². The molecule has 3 unspecified atom stereocenters. The number of allylic oxidation sites excluding steroid dienone is 2. The highest BCUT2D eigenvalue weighted by Gasteiger charge is 2.46. The van der Waals surface area contributed by atoms with Crippen molar-refractivity contribution < 1.29 is 26.7 Å². The van der Waals surface area contributed by atoms with Crippen molar-refractivity contribution in [1.29, 1.82) is 0 Å². The fourth-order valence-electron chi connectivity index (χ4n) is 6.04. The van der Waals surface area contributed by atoms with Gasteiger partial charge >= 0.3 is 6.36 Å². The van der Waals surface area contributed by atoms with Crippen LogP contribution in [0.4, 0.5) is 22.0 Å². The van der Waals surface area contributed by atoms with Crippen LogP contribution >= 0.6 is 0 Å². The van der Waals surface area contributed by atoms with E-state index >= 15 is 0 Å². The molecule has 6 heteroatoms. The lowest BCUT2D eigenvalue weighted by atomic mass is 9.68. The highest BCUT2D eigenvalue weighted by Crippen LogP contribution is 2.44. The molecular weight excluding hydrogens is 399 g/mol. The quantitative estimate of drug-likeness (QED) is 0.223. The minimum absolute atomic E-state index is 0.0689. The van der Waals surface area contributed by atoms with E-state index in [-0.39, 0.29) is 18.8 Å². The van der Waals surface area contributed by atoms with Crippen LogP contribution in [-0.2, 0) is 4.74 Å². The molecule has 174 valence electrons. The molecule has 0 bridgehead atoms. The van der Waals surface area contributed by atoms with Gasteiger partial charge in [-0.25, -0.2) is 8.78 Å². The van der Waals surface area contributed by atoms with Crippen LogP contribution < -0.4 is 0 Å². The molecule has 3 aliphatic carbocycles. The van der Waals surface area contributed by atoms with Crippen LogP contribution in [0.3, 0.4) is 0 Å². The summed E-state index contributed by atoms with van der Waals surface area (Å²) < 4.78 is 69.4. The molecule has 0 aromatic rings. The van der Waals surface area contributed by atoms with Crippen molar-refractivity contribution in [3.63, 3.8) is 0 Å². The fraction of sp³-hybridized carbons (Fsp3) is 0.917. The Morgan fingerprint density at radius 1 is 0.933 bits per heavy atom. The lowest BCUT2D eigenvalue weighted by molar-refractivity contribution is -0.358. The van der Waals surface area contributed by atoms with Gasteiger partial charge in [-0.05, 0) is 68.6 Å². The van der Waals surface area contributed by atoms with Crippen molar-refractivity contribution in [3.05, 3.63) is 11.6 Å². The fourth-order valence-corrected chi connectivity index (χ4v) is 6.04. The first-order valence-corrected chi connectivity index (χ1v) is 12.0. The summed E-state index contributed by atoms with van der Waals surface area (Å²) in [5, 5.41) is 0. The largest absolute Gasteiger partial charge is 0.522 e. The van der Waals surface area contributed by atoms with Crippen molar-refractivity contribution >= 4 is 0 Å². The molecule has 0 radical (unpaired) electrons. The second-order valence-electron chi connectivity index (χ2n) is 9.82. The number of rotatable bonds is 7. The number of hydrogen-bond donors (Lipinski definition) is 0. The molecule has 1 nitrogen and oxygen atoms in total. The van der Waals surface area contributed by atoms with Gasteiger partial charge in [0.25, 0.3) is 0 Å². The maximum absolute atomic E-state index is 14.3. The molecule has 0 aromatic carbocycles. The molecule has 0 aromatic heterocycles. The third kappa shape index (κ3) is 6.67. The van der Waals surface area contributed by atoms with Gasteiger partial charge in [-0.1, -0.05) is 57.1 Å². The molecule has 0 aliphatic heterocycles. The Kier molecular flexibility index (Phi) is 8.63. The molecule has 0 amide bonds. The second-order valence-corrected chi connectivity index (χ2v) is 9.82. The van der Waals surface area contributed by atoms with Crippen LogP contribution in [0.25, 0.3) is 0 Å². The molecule has 2 fully saturated rings. The van der Waals surface area contributed by atoms with E-state index in [2.05, 4.69) is 17.7 Å². The van der Waals surface area contributed by atoms with Gasteiger partial charge < -0.3 is 0 Å². The number of hydrogen-bond acceptors (Lipinski definition) is 1. The number of unbranched alkanes of at least 4 members (excludes halogenated alkanes) is 2. The predicted molar refractivity (Wildman–Crippen MR) is 108 cm³/mol. The summed E-state index contributed by atoms with van der Waals surface area (Å²) in [6.07, 6.45) is 4.56. The van der Waals surface area contributed by atoms with Crippen molar-refractivity contribution in [2.75, 3.05) is 0 Å². The molecule has 0 spiro atoms. The van der Waals surface area contributed by atoms with Crippen LogP contribution in [0.15, 0.2) is 11.6 Å². The summed E-state index contributed by atoms with van der Waals surface area (Å²) in [4.78, 5) is 0. The molecule has 30 heavy (non-hydrogen) atoms. The van der Waals surface area contributed by atoms with E-state index in [1.54, 1.807) is 0 Å². The summed E-state index contributed by atoms with van der Waals surface area (Å²) in [5.74, 6) is 2.00. The van der Waals surface area contributed by atoms with Crippen LogP contribution in [0.1, 0.15) is 90.4 Å². The maximum Gasteiger partial charge on any atom is 0.522 e. The summed E-state index contributed by atoms with van der Waals surface area (Å²) in [6, 6.07) is 0. The van der Waals surface area contributed by atoms with E-state index in [9.17, 15) is 22.0 Å². The summed E-state index contributed by atoms with van der Waals surface area (Å²) in [6.45, 7) is 2.24. The summed E-state index contributed by atoms with van der Waals surface area (Å²) >= 11 is 0. The Labute approximate surface area is 177 Å². The van der Waals surface area contributed by atoms with Crippen LogP contribution in [0, 0.1) is 23.7 Å². The van der Waals surface area contributed by atoms with Gasteiger partial charge in [-0.3, -0.25) is 4.74 Å². The number of alkyl halides is 5. The zero-order chi connectivity index (χ0) is 21.7. The normalized spacial score (nSPS) is 38.3. The molecule has 2 saturated carbocycles. The van der Waals surface area contributed by atoms with Gasteiger partial charge in [0, 0.05) is 0 Å². The average molecular weight is 437 g/mol. The van der Waals surface area contributed by atoms with E-state index in [0.717, 1.165) is 36.7 Å². The predicted octanol–water partition coefficient (Wildman–Crippen LogP) is 8.09. The minimum atomic E-state index is -5.00. The number of halogens is 5. The smallest absolute Gasteiger partial charge is 0.282 e. The van der Waals surface area contributed by atoms with E-state index in [1.807, 2.05) is 0 Å². The zero-order valence-corrected chi connectivity index (χ0v) is 18.1. The molecule has 0 heterocycles.